The van der Waals surface area contributed by atoms with Crippen molar-refractivity contribution in [3.05, 3.63) is 42.6 Å². The number of anilines is 1. The lowest BCUT2D eigenvalue weighted by atomic mass is 10.1. The molecule has 0 unspecified atom stereocenters. The molecule has 0 bridgehead atoms. The van der Waals surface area contributed by atoms with Crippen LogP contribution in [0.2, 0.25) is 5.02 Å². The lowest BCUT2D eigenvalue weighted by Gasteiger charge is -2.11. The Kier molecular flexibility index (Phi) is 5.07. The van der Waals surface area contributed by atoms with Crippen LogP contribution in [0.5, 0.6) is 5.75 Å². The number of carboxylic acids is 1. The third-order valence-electron chi connectivity index (χ3n) is 2.60. The number of ether oxygens (including phenoxy) is 1. The summed E-state index contributed by atoms with van der Waals surface area (Å²) in [5.74, 6) is -1.35. The minimum absolute atomic E-state index is 0.0643. The molecule has 2 aromatic rings. The molecule has 2 rings (SSSR count). The second kappa shape index (κ2) is 6.63. The summed E-state index contributed by atoms with van der Waals surface area (Å²) in [5, 5.41) is 13.6. The predicted molar refractivity (Wildman–Crippen MR) is 90.0 cm³/mol. The lowest BCUT2D eigenvalue weighted by molar-refractivity contribution is 0.0693. The van der Waals surface area contributed by atoms with Crippen molar-refractivity contribution in [1.29, 1.82) is 0 Å². The quantitative estimate of drug-likeness (QED) is 0.710. The summed E-state index contributed by atoms with van der Waals surface area (Å²) in [5.41, 5.74) is 0.747. The maximum absolute atomic E-state index is 12.1. The maximum atomic E-state index is 12.1. The van der Waals surface area contributed by atoms with Crippen molar-refractivity contribution in [3.63, 3.8) is 0 Å². The first-order valence-electron chi connectivity index (χ1n) is 5.58. The predicted octanol–water partition coefficient (Wildman–Crippen LogP) is 3.97. The van der Waals surface area contributed by atoms with Gasteiger partial charge in [0.2, 0.25) is 0 Å². The van der Waals surface area contributed by atoms with Gasteiger partial charge in [-0.05, 0) is 34.7 Å². The number of carboxylic acid groups (broad SMARTS) is 1. The lowest BCUT2D eigenvalue weighted by Crippen LogP contribution is -2.12. The van der Waals surface area contributed by atoms with Crippen LogP contribution in [-0.2, 0) is 0 Å². The average molecular weight is 438 g/mol. The minimum Gasteiger partial charge on any atom is -0.496 e. The molecule has 0 aliphatic rings. The van der Waals surface area contributed by atoms with Gasteiger partial charge in [0.25, 0.3) is 5.91 Å². The summed E-state index contributed by atoms with van der Waals surface area (Å²) in [6, 6.07) is 4.38. The fraction of sp³-hybridized carbons (Fsp3) is 0.0769. The molecule has 0 saturated carbocycles. The number of carbonyl (C=O) groups is 2. The van der Waals surface area contributed by atoms with Gasteiger partial charge in [0, 0.05) is 11.4 Å². The van der Waals surface area contributed by atoms with Crippen LogP contribution in [0.3, 0.4) is 0 Å². The molecule has 2 N–H and O–H groups in total. The summed E-state index contributed by atoms with van der Waals surface area (Å²) in [6.45, 7) is 0. The van der Waals surface area contributed by atoms with E-state index in [-0.39, 0.29) is 22.2 Å². The van der Waals surface area contributed by atoms with Crippen LogP contribution in [0.25, 0.3) is 0 Å². The standard InChI is InChI=1S/C13H9ClINO4S/c1-20-10-4-9(8(14)3-7(10)13(18)19)16-12(17)6-2-11(15)21-5-6/h2-5H,1H3,(H,16,17)(H,18,19). The van der Waals surface area contributed by atoms with Crippen LogP contribution in [0, 0.1) is 2.88 Å². The molecule has 0 fully saturated rings. The zero-order valence-electron chi connectivity index (χ0n) is 10.6. The number of aromatic carboxylic acids is 1. The highest BCUT2D eigenvalue weighted by Gasteiger charge is 2.17. The van der Waals surface area contributed by atoms with Crippen LogP contribution < -0.4 is 10.1 Å². The number of rotatable bonds is 4. The third kappa shape index (κ3) is 3.66. The molecule has 1 amide bonds. The van der Waals surface area contributed by atoms with Crippen LogP contribution in [0.4, 0.5) is 5.69 Å². The highest BCUT2D eigenvalue weighted by molar-refractivity contribution is 14.1. The Morgan fingerprint density at radius 3 is 2.62 bits per heavy atom. The smallest absolute Gasteiger partial charge is 0.339 e. The summed E-state index contributed by atoms with van der Waals surface area (Å²) in [6.07, 6.45) is 0. The molecular weight excluding hydrogens is 429 g/mol. The number of hydrogen-bond donors (Lipinski definition) is 2. The normalized spacial score (nSPS) is 10.2. The molecule has 1 aromatic carbocycles. The van der Waals surface area contributed by atoms with Crippen molar-refractivity contribution in [2.75, 3.05) is 12.4 Å². The first-order valence-corrected chi connectivity index (χ1v) is 7.92. The van der Waals surface area contributed by atoms with E-state index in [0.717, 1.165) is 2.88 Å². The van der Waals surface area contributed by atoms with E-state index in [0.29, 0.717) is 11.3 Å². The van der Waals surface area contributed by atoms with Crippen LogP contribution in [-0.4, -0.2) is 24.1 Å². The Hall–Kier alpha value is -1.32. The van der Waals surface area contributed by atoms with E-state index in [1.807, 2.05) is 0 Å². The van der Waals surface area contributed by atoms with Gasteiger partial charge in [-0.15, -0.1) is 11.3 Å². The fourth-order valence-electron chi connectivity index (χ4n) is 1.61. The van der Waals surface area contributed by atoms with Gasteiger partial charge in [0.1, 0.15) is 11.3 Å². The SMILES string of the molecule is COc1cc(NC(=O)c2csc(I)c2)c(Cl)cc1C(=O)O. The molecular formula is C13H9ClINO4S. The molecule has 5 nitrogen and oxygen atoms in total. The molecule has 0 radical (unpaired) electrons. The monoisotopic (exact) mass is 437 g/mol. The second-order valence-corrected chi connectivity index (χ2v) is 7.14. The van der Waals surface area contributed by atoms with Gasteiger partial charge in [0.15, 0.2) is 0 Å². The van der Waals surface area contributed by atoms with Gasteiger partial charge in [-0.25, -0.2) is 4.79 Å². The summed E-state index contributed by atoms with van der Waals surface area (Å²) in [7, 11) is 1.35. The van der Waals surface area contributed by atoms with Gasteiger partial charge in [-0.2, -0.15) is 0 Å². The van der Waals surface area contributed by atoms with Gasteiger partial charge in [0.05, 0.1) is 26.3 Å². The van der Waals surface area contributed by atoms with Crippen LogP contribution in [0.15, 0.2) is 23.6 Å². The second-order valence-electron chi connectivity index (χ2n) is 3.93. The fourth-order valence-corrected chi connectivity index (χ4v) is 3.15. The maximum Gasteiger partial charge on any atom is 0.339 e. The summed E-state index contributed by atoms with van der Waals surface area (Å²) < 4.78 is 5.99. The van der Waals surface area contributed by atoms with Gasteiger partial charge >= 0.3 is 5.97 Å². The van der Waals surface area contributed by atoms with E-state index < -0.39 is 5.97 Å². The summed E-state index contributed by atoms with van der Waals surface area (Å²) >= 11 is 9.58. The van der Waals surface area contributed by atoms with Crippen molar-refractivity contribution in [1.82, 2.24) is 0 Å². The molecule has 8 heteroatoms. The van der Waals surface area contributed by atoms with Crippen LogP contribution >= 0.6 is 45.5 Å². The van der Waals surface area contributed by atoms with E-state index in [2.05, 4.69) is 27.9 Å². The highest BCUT2D eigenvalue weighted by Crippen LogP contribution is 2.31. The third-order valence-corrected chi connectivity index (χ3v) is 4.70. The van der Waals surface area contributed by atoms with Gasteiger partial charge < -0.3 is 15.2 Å². The highest BCUT2D eigenvalue weighted by atomic mass is 127. The topological polar surface area (TPSA) is 75.6 Å². The zero-order chi connectivity index (χ0) is 15.6. The Balaban J connectivity index is 2.32. The van der Waals surface area contributed by atoms with Crippen LogP contribution in [0.1, 0.15) is 20.7 Å². The number of nitrogens with one attached hydrogen (secondary N) is 1. The minimum atomic E-state index is -1.15. The number of thiophene rings is 1. The van der Waals surface area contributed by atoms with E-state index >= 15 is 0 Å². The first-order chi connectivity index (χ1) is 9.92. The average Bonchev–Trinajstić information content (AvgIpc) is 2.87. The van der Waals surface area contributed by atoms with Crippen molar-refractivity contribution in [2.24, 2.45) is 0 Å². The molecule has 110 valence electrons. The van der Waals surface area contributed by atoms with E-state index in [4.69, 9.17) is 21.4 Å². The van der Waals surface area contributed by atoms with E-state index in [1.54, 1.807) is 11.4 Å². The summed E-state index contributed by atoms with van der Waals surface area (Å²) in [4.78, 5) is 23.1. The Morgan fingerprint density at radius 2 is 2.10 bits per heavy atom. The van der Waals surface area contributed by atoms with Crippen molar-refractivity contribution >= 4 is 63.1 Å². The molecule has 0 saturated heterocycles. The number of amides is 1. The van der Waals surface area contributed by atoms with Gasteiger partial charge in [-0.1, -0.05) is 11.6 Å². The Labute approximate surface area is 143 Å². The molecule has 1 heterocycles. The number of benzene rings is 1. The number of carbonyl (C=O) groups excluding carboxylic acids is 1. The molecule has 0 aliphatic carbocycles. The molecule has 1 aromatic heterocycles. The number of hydrogen-bond acceptors (Lipinski definition) is 4. The number of methoxy groups -OCH3 is 1. The van der Waals surface area contributed by atoms with Gasteiger partial charge in [-0.3, -0.25) is 4.79 Å². The molecule has 0 spiro atoms. The number of halogens is 2. The first kappa shape index (κ1) is 16.1. The zero-order valence-corrected chi connectivity index (χ0v) is 14.4. The Bertz CT molecular complexity index is 716. The largest absolute Gasteiger partial charge is 0.496 e. The van der Waals surface area contributed by atoms with Crippen molar-refractivity contribution in [2.45, 2.75) is 0 Å². The molecule has 0 aliphatic heterocycles. The van der Waals surface area contributed by atoms with E-state index in [9.17, 15) is 9.59 Å². The molecule has 21 heavy (non-hydrogen) atoms. The molecule has 0 atom stereocenters. The van der Waals surface area contributed by atoms with E-state index in [1.165, 1.54) is 30.6 Å². The Morgan fingerprint density at radius 1 is 1.38 bits per heavy atom. The van der Waals surface area contributed by atoms with Crippen molar-refractivity contribution in [3.8, 4) is 5.75 Å². The van der Waals surface area contributed by atoms with Crippen molar-refractivity contribution < 1.29 is 19.4 Å².